The van der Waals surface area contributed by atoms with Crippen molar-refractivity contribution in [3.05, 3.63) is 29.0 Å². The summed E-state index contributed by atoms with van der Waals surface area (Å²) in [7, 11) is 0. The Balaban J connectivity index is 2.11. The van der Waals surface area contributed by atoms with Gasteiger partial charge in [0.05, 0.1) is 16.8 Å². The Hall–Kier alpha value is -0.600. The van der Waals surface area contributed by atoms with E-state index < -0.39 is 0 Å². The van der Waals surface area contributed by atoms with Gasteiger partial charge in [0.15, 0.2) is 0 Å². The van der Waals surface area contributed by atoms with Crippen LogP contribution in [0.3, 0.4) is 0 Å². The molecular weight excluding hydrogens is 256 g/mol. The molecule has 1 aromatic heterocycles. The van der Waals surface area contributed by atoms with Crippen LogP contribution in [-0.2, 0) is 0 Å². The molecule has 1 saturated carbocycles. The first-order chi connectivity index (χ1) is 9.31. The molecule has 0 bridgehead atoms. The van der Waals surface area contributed by atoms with E-state index in [9.17, 15) is 0 Å². The Kier molecular flexibility index (Phi) is 6.12. The summed E-state index contributed by atoms with van der Waals surface area (Å²) in [6.07, 6.45) is 11.1. The third-order valence-corrected chi connectivity index (χ3v) is 4.28. The fraction of sp³-hybridized carbons (Fsp3) is 0.688. The molecule has 2 rings (SSSR count). The zero-order chi connectivity index (χ0) is 13.5. The minimum atomic E-state index is 0.398. The van der Waals surface area contributed by atoms with Gasteiger partial charge in [0, 0.05) is 6.20 Å². The molecule has 1 aliphatic rings. The van der Waals surface area contributed by atoms with Gasteiger partial charge in [-0.05, 0) is 43.9 Å². The Morgan fingerprint density at radius 1 is 1.26 bits per heavy atom. The summed E-state index contributed by atoms with van der Waals surface area (Å²) in [4.78, 5) is 4.54. The van der Waals surface area contributed by atoms with Crippen LogP contribution in [0.4, 0.5) is 0 Å². The number of rotatable bonds is 5. The highest BCUT2D eigenvalue weighted by Crippen LogP contribution is 2.33. The van der Waals surface area contributed by atoms with Crippen molar-refractivity contribution in [2.45, 2.75) is 57.9 Å². The van der Waals surface area contributed by atoms with E-state index in [0.717, 1.165) is 29.6 Å². The van der Waals surface area contributed by atoms with E-state index in [0.29, 0.717) is 6.04 Å². The SMILES string of the molecule is CCCNC(c1ccc(Cl)cn1)C1CCCCCC1. The van der Waals surface area contributed by atoms with E-state index in [1.807, 2.05) is 6.07 Å². The lowest BCUT2D eigenvalue weighted by molar-refractivity contribution is 0.320. The maximum atomic E-state index is 5.95. The number of nitrogens with zero attached hydrogens (tertiary/aromatic N) is 1. The Bertz CT molecular complexity index is 356. The number of nitrogens with one attached hydrogen (secondary N) is 1. The first kappa shape index (κ1) is 14.8. The van der Waals surface area contributed by atoms with Crippen molar-refractivity contribution >= 4 is 11.6 Å². The van der Waals surface area contributed by atoms with Crippen LogP contribution in [0.5, 0.6) is 0 Å². The molecule has 1 unspecified atom stereocenters. The van der Waals surface area contributed by atoms with E-state index in [2.05, 4.69) is 23.3 Å². The van der Waals surface area contributed by atoms with Gasteiger partial charge in [-0.2, -0.15) is 0 Å². The van der Waals surface area contributed by atoms with E-state index in [4.69, 9.17) is 11.6 Å². The number of aromatic nitrogens is 1. The molecule has 19 heavy (non-hydrogen) atoms. The molecule has 1 fully saturated rings. The third kappa shape index (κ3) is 4.47. The highest BCUT2D eigenvalue weighted by molar-refractivity contribution is 6.30. The summed E-state index contributed by atoms with van der Waals surface area (Å²) in [6.45, 7) is 3.28. The smallest absolute Gasteiger partial charge is 0.0589 e. The summed E-state index contributed by atoms with van der Waals surface area (Å²) in [6, 6.07) is 4.44. The highest BCUT2D eigenvalue weighted by Gasteiger charge is 2.24. The first-order valence-electron chi connectivity index (χ1n) is 7.66. The van der Waals surface area contributed by atoms with E-state index in [1.165, 1.54) is 38.5 Å². The van der Waals surface area contributed by atoms with Crippen LogP contribution in [0, 0.1) is 5.92 Å². The molecule has 1 atom stereocenters. The first-order valence-corrected chi connectivity index (χ1v) is 8.04. The molecule has 1 heterocycles. The predicted molar refractivity (Wildman–Crippen MR) is 81.5 cm³/mol. The third-order valence-electron chi connectivity index (χ3n) is 4.05. The molecule has 0 aromatic carbocycles. The molecule has 0 aliphatic heterocycles. The fourth-order valence-corrected chi connectivity index (χ4v) is 3.14. The topological polar surface area (TPSA) is 24.9 Å². The second-order valence-electron chi connectivity index (χ2n) is 5.58. The van der Waals surface area contributed by atoms with Crippen LogP contribution < -0.4 is 5.32 Å². The molecule has 0 amide bonds. The average molecular weight is 281 g/mol. The van der Waals surface area contributed by atoms with Gasteiger partial charge in [0.25, 0.3) is 0 Å². The number of halogens is 1. The molecular formula is C16H25ClN2. The van der Waals surface area contributed by atoms with Gasteiger partial charge in [-0.15, -0.1) is 0 Å². The Morgan fingerprint density at radius 2 is 2.00 bits per heavy atom. The van der Waals surface area contributed by atoms with Crippen molar-refractivity contribution in [3.8, 4) is 0 Å². The van der Waals surface area contributed by atoms with Crippen LogP contribution in [0.1, 0.15) is 63.6 Å². The summed E-state index contributed by atoms with van der Waals surface area (Å²) in [5.74, 6) is 0.725. The summed E-state index contributed by atoms with van der Waals surface area (Å²) >= 11 is 5.95. The lowest BCUT2D eigenvalue weighted by Crippen LogP contribution is -2.29. The van der Waals surface area contributed by atoms with Crippen molar-refractivity contribution in [2.75, 3.05) is 6.54 Å². The lowest BCUT2D eigenvalue weighted by Gasteiger charge is -2.27. The molecule has 1 aliphatic carbocycles. The molecule has 0 spiro atoms. The van der Waals surface area contributed by atoms with Gasteiger partial charge < -0.3 is 5.32 Å². The van der Waals surface area contributed by atoms with Crippen molar-refractivity contribution in [3.63, 3.8) is 0 Å². The van der Waals surface area contributed by atoms with E-state index >= 15 is 0 Å². The van der Waals surface area contributed by atoms with Crippen LogP contribution in [0.2, 0.25) is 5.02 Å². The van der Waals surface area contributed by atoms with Gasteiger partial charge >= 0.3 is 0 Å². The predicted octanol–water partition coefficient (Wildman–Crippen LogP) is 4.75. The summed E-state index contributed by atoms with van der Waals surface area (Å²) < 4.78 is 0. The number of hydrogen-bond donors (Lipinski definition) is 1. The van der Waals surface area contributed by atoms with Crippen molar-refractivity contribution in [1.82, 2.24) is 10.3 Å². The number of pyridine rings is 1. The second-order valence-corrected chi connectivity index (χ2v) is 6.02. The van der Waals surface area contributed by atoms with Crippen molar-refractivity contribution in [2.24, 2.45) is 5.92 Å². The van der Waals surface area contributed by atoms with Gasteiger partial charge in [-0.1, -0.05) is 44.2 Å². The summed E-state index contributed by atoms with van der Waals surface area (Å²) in [5.41, 5.74) is 1.16. The monoisotopic (exact) mass is 280 g/mol. The van der Waals surface area contributed by atoms with Crippen LogP contribution in [-0.4, -0.2) is 11.5 Å². The molecule has 106 valence electrons. The molecule has 2 nitrogen and oxygen atoms in total. The molecule has 3 heteroatoms. The van der Waals surface area contributed by atoms with Crippen LogP contribution in [0.25, 0.3) is 0 Å². The Morgan fingerprint density at radius 3 is 2.58 bits per heavy atom. The maximum absolute atomic E-state index is 5.95. The normalized spacial score (nSPS) is 19.1. The van der Waals surface area contributed by atoms with Crippen molar-refractivity contribution < 1.29 is 0 Å². The molecule has 0 radical (unpaired) electrons. The zero-order valence-electron chi connectivity index (χ0n) is 11.9. The minimum absolute atomic E-state index is 0.398. The quantitative estimate of drug-likeness (QED) is 0.788. The zero-order valence-corrected chi connectivity index (χ0v) is 12.6. The Labute approximate surface area is 122 Å². The maximum Gasteiger partial charge on any atom is 0.0589 e. The minimum Gasteiger partial charge on any atom is -0.308 e. The van der Waals surface area contributed by atoms with Crippen LogP contribution in [0.15, 0.2) is 18.3 Å². The van der Waals surface area contributed by atoms with Gasteiger partial charge in [-0.25, -0.2) is 0 Å². The number of hydrogen-bond acceptors (Lipinski definition) is 2. The average Bonchev–Trinajstić information content (AvgIpc) is 2.70. The largest absolute Gasteiger partial charge is 0.308 e. The highest BCUT2D eigenvalue weighted by atomic mass is 35.5. The standard InChI is InChI=1S/C16H25ClN2/c1-2-11-18-16(13-7-5-3-4-6-8-13)15-10-9-14(17)12-19-15/h9-10,12-13,16,18H,2-8,11H2,1H3. The van der Waals surface area contributed by atoms with Crippen molar-refractivity contribution in [1.29, 1.82) is 0 Å². The molecule has 1 N–H and O–H groups in total. The fourth-order valence-electron chi connectivity index (χ4n) is 3.03. The van der Waals surface area contributed by atoms with E-state index in [1.54, 1.807) is 6.20 Å². The molecule has 0 saturated heterocycles. The van der Waals surface area contributed by atoms with Crippen LogP contribution >= 0.6 is 11.6 Å². The summed E-state index contributed by atoms with van der Waals surface area (Å²) in [5, 5.41) is 4.42. The second kappa shape index (κ2) is 7.86. The van der Waals surface area contributed by atoms with Gasteiger partial charge in [0.1, 0.15) is 0 Å². The van der Waals surface area contributed by atoms with Gasteiger partial charge in [0.2, 0.25) is 0 Å². The molecule has 1 aromatic rings. The lowest BCUT2D eigenvalue weighted by atomic mass is 9.89. The van der Waals surface area contributed by atoms with Gasteiger partial charge in [-0.3, -0.25) is 4.98 Å². The van der Waals surface area contributed by atoms with E-state index in [-0.39, 0.29) is 0 Å².